The summed E-state index contributed by atoms with van der Waals surface area (Å²) < 4.78 is 23.2. The first-order valence-corrected chi connectivity index (χ1v) is 9.09. The first kappa shape index (κ1) is 15.7. The summed E-state index contributed by atoms with van der Waals surface area (Å²) in [5, 5.41) is 0. The second kappa shape index (κ2) is 5.22. The van der Waals surface area contributed by atoms with Crippen molar-refractivity contribution in [3.63, 3.8) is 0 Å². The van der Waals surface area contributed by atoms with E-state index in [0.717, 1.165) is 43.9 Å². The molecular weight excluding hydrogens is 318 g/mol. The summed E-state index contributed by atoms with van der Waals surface area (Å²) in [6.07, 6.45) is 7.96. The molecule has 1 aromatic carbocycles. The molecule has 5 rings (SSSR count). The number of hydrogen-bond acceptors (Lipinski definition) is 5. The Kier molecular flexibility index (Phi) is 3.28. The molecule has 5 nitrogen and oxygen atoms in total. The Morgan fingerprint density at radius 3 is 2.72 bits per heavy atom. The molecule has 4 aliphatic rings. The highest BCUT2D eigenvalue weighted by molar-refractivity contribution is 5.55. The monoisotopic (exact) mass is 343 g/mol. The van der Waals surface area contributed by atoms with Crippen molar-refractivity contribution in [2.75, 3.05) is 34.4 Å². The van der Waals surface area contributed by atoms with Gasteiger partial charge in [0, 0.05) is 20.1 Å². The fraction of sp³-hybridized carbons (Fsp3) is 0.600. The molecule has 0 amide bonds. The molecule has 3 aliphatic heterocycles. The van der Waals surface area contributed by atoms with Gasteiger partial charge in [-0.05, 0) is 48.7 Å². The number of epoxide rings is 1. The highest BCUT2D eigenvalue weighted by Crippen LogP contribution is 2.65. The summed E-state index contributed by atoms with van der Waals surface area (Å²) in [5.41, 5.74) is 2.30. The normalized spacial score (nSPS) is 38.2. The van der Waals surface area contributed by atoms with Gasteiger partial charge >= 0.3 is 0 Å². The molecule has 4 atom stereocenters. The first-order chi connectivity index (χ1) is 12.2. The summed E-state index contributed by atoms with van der Waals surface area (Å²) in [5.74, 6) is 1.60. The number of nitrogens with zero attached hydrogens (tertiary/aromatic N) is 1. The van der Waals surface area contributed by atoms with Gasteiger partial charge in [-0.25, -0.2) is 0 Å². The zero-order valence-corrected chi connectivity index (χ0v) is 15.1. The third kappa shape index (κ3) is 1.84. The number of aryl methyl sites for hydroxylation is 1. The maximum atomic E-state index is 6.28. The van der Waals surface area contributed by atoms with Crippen LogP contribution < -0.4 is 9.47 Å². The van der Waals surface area contributed by atoms with Crippen molar-refractivity contribution in [3.05, 3.63) is 35.4 Å². The Hall–Kier alpha value is -1.56. The number of morpholine rings is 1. The van der Waals surface area contributed by atoms with Crippen LogP contribution in [0.4, 0.5) is 0 Å². The van der Waals surface area contributed by atoms with E-state index in [1.165, 1.54) is 11.1 Å². The van der Waals surface area contributed by atoms with Crippen molar-refractivity contribution in [1.82, 2.24) is 4.90 Å². The van der Waals surface area contributed by atoms with Gasteiger partial charge in [-0.3, -0.25) is 4.90 Å². The SMILES string of the molecule is COc1cc2c(cc1OC)[C@]13C[C@H](OC)C=C[C@]14O[C@@H]4CN3CCC2. The Balaban J connectivity index is 1.75. The molecule has 0 saturated carbocycles. The van der Waals surface area contributed by atoms with Gasteiger partial charge in [-0.15, -0.1) is 0 Å². The van der Waals surface area contributed by atoms with Crippen LogP contribution in [0.1, 0.15) is 24.0 Å². The zero-order chi connectivity index (χ0) is 17.2. The molecule has 2 saturated heterocycles. The van der Waals surface area contributed by atoms with Crippen molar-refractivity contribution >= 4 is 0 Å². The quantitative estimate of drug-likeness (QED) is 0.622. The molecule has 1 aliphatic carbocycles. The standard InChI is InChI=1S/C20H25NO4/c1-22-14-6-7-20-18(25-20)12-21-8-4-5-13-9-16(23-2)17(24-3)10-15(13)19(20,21)11-14/h6-7,9-10,14,18H,4-5,8,11-12H2,1-3H3/t14-,18-,19-,20-/m1/s1. The van der Waals surface area contributed by atoms with Gasteiger partial charge in [0.15, 0.2) is 11.5 Å². The minimum absolute atomic E-state index is 0.107. The van der Waals surface area contributed by atoms with Gasteiger partial charge in [0.25, 0.3) is 0 Å². The molecule has 3 heterocycles. The van der Waals surface area contributed by atoms with E-state index in [1.807, 2.05) is 0 Å². The molecule has 5 heteroatoms. The van der Waals surface area contributed by atoms with Crippen LogP contribution in [0.3, 0.4) is 0 Å². The van der Waals surface area contributed by atoms with E-state index < -0.39 is 0 Å². The van der Waals surface area contributed by atoms with Crippen molar-refractivity contribution in [2.24, 2.45) is 0 Å². The van der Waals surface area contributed by atoms with Crippen molar-refractivity contribution < 1.29 is 18.9 Å². The van der Waals surface area contributed by atoms with Crippen LogP contribution in [0.25, 0.3) is 0 Å². The number of ether oxygens (including phenoxy) is 4. The largest absolute Gasteiger partial charge is 0.493 e. The highest BCUT2D eigenvalue weighted by Gasteiger charge is 2.77. The lowest BCUT2D eigenvalue weighted by Crippen LogP contribution is -2.54. The van der Waals surface area contributed by atoms with Crippen LogP contribution in [-0.2, 0) is 21.4 Å². The van der Waals surface area contributed by atoms with E-state index in [4.69, 9.17) is 18.9 Å². The van der Waals surface area contributed by atoms with Gasteiger partial charge in [-0.1, -0.05) is 6.08 Å². The highest BCUT2D eigenvalue weighted by atomic mass is 16.6. The first-order valence-electron chi connectivity index (χ1n) is 9.09. The summed E-state index contributed by atoms with van der Waals surface area (Å²) in [7, 11) is 5.20. The molecule has 0 bridgehead atoms. The van der Waals surface area contributed by atoms with Gasteiger partial charge in [0.2, 0.25) is 0 Å². The summed E-state index contributed by atoms with van der Waals surface area (Å²) in [6.45, 7) is 2.08. The average molecular weight is 343 g/mol. The van der Waals surface area contributed by atoms with Crippen molar-refractivity contribution in [2.45, 2.75) is 42.6 Å². The number of rotatable bonds is 3. The van der Waals surface area contributed by atoms with Crippen LogP contribution in [0.2, 0.25) is 0 Å². The predicted octanol–water partition coefficient (Wildman–Crippen LogP) is 2.27. The summed E-state index contributed by atoms with van der Waals surface area (Å²) in [6, 6.07) is 4.35. The van der Waals surface area contributed by atoms with E-state index in [9.17, 15) is 0 Å². The van der Waals surface area contributed by atoms with E-state index in [2.05, 4.69) is 29.2 Å². The summed E-state index contributed by atoms with van der Waals surface area (Å²) >= 11 is 0. The fourth-order valence-corrected chi connectivity index (χ4v) is 5.43. The average Bonchev–Trinajstić information content (AvgIpc) is 3.30. The molecule has 25 heavy (non-hydrogen) atoms. The van der Waals surface area contributed by atoms with E-state index in [-0.39, 0.29) is 17.2 Å². The number of hydrogen-bond donors (Lipinski definition) is 0. The molecular formula is C20H25NO4. The minimum atomic E-state index is -0.208. The topological polar surface area (TPSA) is 43.5 Å². The number of fused-ring (bicyclic) bond motifs is 1. The van der Waals surface area contributed by atoms with Crippen LogP contribution in [0, 0.1) is 0 Å². The Labute approximate surface area is 148 Å². The Morgan fingerprint density at radius 2 is 1.96 bits per heavy atom. The lowest BCUT2D eigenvalue weighted by molar-refractivity contribution is -0.0222. The maximum Gasteiger partial charge on any atom is 0.161 e. The lowest BCUT2D eigenvalue weighted by atomic mass is 9.69. The number of benzene rings is 1. The van der Waals surface area contributed by atoms with E-state index >= 15 is 0 Å². The van der Waals surface area contributed by atoms with Gasteiger partial charge < -0.3 is 18.9 Å². The lowest BCUT2D eigenvalue weighted by Gasteiger charge is -2.47. The van der Waals surface area contributed by atoms with Gasteiger partial charge in [0.05, 0.1) is 25.9 Å². The van der Waals surface area contributed by atoms with Crippen LogP contribution in [0.15, 0.2) is 24.3 Å². The van der Waals surface area contributed by atoms with Gasteiger partial charge in [-0.2, -0.15) is 0 Å². The molecule has 2 spiro atoms. The zero-order valence-electron chi connectivity index (χ0n) is 15.1. The van der Waals surface area contributed by atoms with Crippen molar-refractivity contribution in [3.8, 4) is 11.5 Å². The van der Waals surface area contributed by atoms with E-state index in [0.29, 0.717) is 6.10 Å². The molecule has 0 unspecified atom stereocenters. The molecule has 1 aromatic rings. The molecule has 2 fully saturated rings. The summed E-state index contributed by atoms with van der Waals surface area (Å²) in [4.78, 5) is 2.63. The third-order valence-electron chi connectivity index (χ3n) is 6.62. The predicted molar refractivity (Wildman–Crippen MR) is 93.3 cm³/mol. The minimum Gasteiger partial charge on any atom is -0.493 e. The van der Waals surface area contributed by atoms with Crippen LogP contribution >= 0.6 is 0 Å². The second-order valence-corrected chi connectivity index (χ2v) is 7.51. The molecule has 134 valence electrons. The van der Waals surface area contributed by atoms with E-state index in [1.54, 1.807) is 21.3 Å². The Bertz CT molecular complexity index is 747. The maximum absolute atomic E-state index is 6.28. The van der Waals surface area contributed by atoms with Crippen molar-refractivity contribution in [1.29, 1.82) is 0 Å². The number of methoxy groups -OCH3 is 3. The third-order valence-corrected chi connectivity index (χ3v) is 6.62. The molecule has 0 N–H and O–H groups in total. The smallest absolute Gasteiger partial charge is 0.161 e. The second-order valence-electron chi connectivity index (χ2n) is 7.51. The Morgan fingerprint density at radius 1 is 1.16 bits per heavy atom. The van der Waals surface area contributed by atoms with Crippen LogP contribution in [-0.4, -0.2) is 57.1 Å². The fourth-order valence-electron chi connectivity index (χ4n) is 5.43. The van der Waals surface area contributed by atoms with Crippen LogP contribution in [0.5, 0.6) is 11.5 Å². The molecule has 0 radical (unpaired) electrons. The molecule has 0 aromatic heterocycles. The van der Waals surface area contributed by atoms with Gasteiger partial charge in [0.1, 0.15) is 11.7 Å².